The van der Waals surface area contributed by atoms with E-state index in [1.54, 1.807) is 0 Å². The molecule has 6 aliphatic rings. The summed E-state index contributed by atoms with van der Waals surface area (Å²) in [6.07, 6.45) is 27.0. The van der Waals surface area contributed by atoms with E-state index in [-0.39, 0.29) is 10.8 Å². The van der Waals surface area contributed by atoms with E-state index in [1.165, 1.54) is 240 Å². The van der Waals surface area contributed by atoms with Crippen LogP contribution in [0.2, 0.25) is 0 Å². The number of nitrogens with zero attached hydrogens (tertiary/aromatic N) is 2. The molecular weight excluding hydrogens is 917 g/mol. The molecule has 6 aliphatic carbocycles. The lowest BCUT2D eigenvalue weighted by Gasteiger charge is -2.30. The summed E-state index contributed by atoms with van der Waals surface area (Å²) in [5.74, 6) is 2.76. The van der Waals surface area contributed by atoms with Crippen molar-refractivity contribution in [3.05, 3.63) is 189 Å². The number of fused-ring (bicyclic) bond motifs is 6. The fourth-order valence-corrected chi connectivity index (χ4v) is 16.3. The third kappa shape index (κ3) is 8.77. The normalized spacial score (nSPS) is 19.4. The Kier molecular flexibility index (Phi) is 13.2. The fourth-order valence-electron chi connectivity index (χ4n) is 16.3. The van der Waals surface area contributed by atoms with Crippen LogP contribution < -0.4 is 9.80 Å². The first-order valence-corrected chi connectivity index (χ1v) is 30.5. The van der Waals surface area contributed by atoms with Crippen molar-refractivity contribution < 1.29 is 0 Å². The Bertz CT molecular complexity index is 3090. The molecule has 4 fully saturated rings. The summed E-state index contributed by atoms with van der Waals surface area (Å²) in [5.41, 5.74) is 27.5. The van der Waals surface area contributed by atoms with Gasteiger partial charge in [-0.15, -0.1) is 0 Å². The highest BCUT2D eigenvalue weighted by molar-refractivity contribution is 5.95. The second-order valence-electron chi connectivity index (χ2n) is 25.9. The predicted octanol–water partition coefficient (Wildman–Crippen LogP) is 22.0. The molecule has 0 aliphatic heterocycles. The summed E-state index contributed by atoms with van der Waals surface area (Å²) in [6.45, 7) is 14.8. The van der Waals surface area contributed by atoms with E-state index >= 15 is 0 Å². The molecule has 0 unspecified atom stereocenters. The lowest BCUT2D eigenvalue weighted by Crippen LogP contribution is -2.19. The number of benzene rings is 7. The lowest BCUT2D eigenvalue weighted by molar-refractivity contribution is 0.443. The van der Waals surface area contributed by atoms with Gasteiger partial charge in [-0.05, 0) is 246 Å². The molecule has 2 heteroatoms. The van der Waals surface area contributed by atoms with Crippen LogP contribution >= 0.6 is 0 Å². The van der Waals surface area contributed by atoms with Crippen LogP contribution in [-0.2, 0) is 10.8 Å². The van der Waals surface area contributed by atoms with Gasteiger partial charge in [-0.1, -0.05) is 159 Å². The molecule has 0 heterocycles. The van der Waals surface area contributed by atoms with Crippen LogP contribution in [0.5, 0.6) is 0 Å². The first kappa shape index (κ1) is 49.7. The van der Waals surface area contributed by atoms with Crippen LogP contribution in [0.15, 0.2) is 133 Å². The second kappa shape index (κ2) is 20.2. The molecular formula is C74H84N2. The molecule has 0 amide bonds. The molecule has 0 radical (unpaired) electrons. The third-order valence-corrected chi connectivity index (χ3v) is 20.5. The molecule has 0 N–H and O–H groups in total. The number of rotatable bonds is 10. The topological polar surface area (TPSA) is 6.48 Å². The van der Waals surface area contributed by atoms with Crippen molar-refractivity contribution in [1.82, 2.24) is 0 Å². The maximum atomic E-state index is 2.63. The van der Waals surface area contributed by atoms with E-state index < -0.39 is 0 Å². The molecule has 4 saturated carbocycles. The Morgan fingerprint density at radius 2 is 0.658 bits per heavy atom. The van der Waals surface area contributed by atoms with Crippen molar-refractivity contribution in [3.63, 3.8) is 0 Å². The van der Waals surface area contributed by atoms with Crippen LogP contribution in [0.3, 0.4) is 0 Å². The van der Waals surface area contributed by atoms with Gasteiger partial charge in [-0.3, -0.25) is 0 Å². The van der Waals surface area contributed by atoms with Gasteiger partial charge in [0.2, 0.25) is 0 Å². The van der Waals surface area contributed by atoms with Gasteiger partial charge in [-0.25, -0.2) is 0 Å². The molecule has 0 aromatic heterocycles. The van der Waals surface area contributed by atoms with Gasteiger partial charge in [0, 0.05) is 45.0 Å². The second-order valence-corrected chi connectivity index (χ2v) is 25.9. The monoisotopic (exact) mass is 1000 g/mol. The molecule has 0 atom stereocenters. The summed E-state index contributed by atoms with van der Waals surface area (Å²) in [5, 5.41) is 0. The highest BCUT2D eigenvalue weighted by Crippen LogP contribution is 2.60. The van der Waals surface area contributed by atoms with E-state index in [9.17, 15) is 0 Å². The number of hydrogen-bond acceptors (Lipinski definition) is 2. The van der Waals surface area contributed by atoms with E-state index in [0.29, 0.717) is 23.7 Å². The average Bonchev–Trinajstić information content (AvgIpc) is 4.10. The van der Waals surface area contributed by atoms with Gasteiger partial charge in [0.25, 0.3) is 0 Å². The van der Waals surface area contributed by atoms with E-state index in [1.807, 2.05) is 0 Å². The zero-order valence-electron chi connectivity index (χ0n) is 47.0. The molecule has 7 aromatic rings. The third-order valence-electron chi connectivity index (χ3n) is 20.5. The molecule has 0 spiro atoms. The van der Waals surface area contributed by atoms with Crippen LogP contribution in [0, 0.1) is 13.8 Å². The minimum atomic E-state index is -0.191. The van der Waals surface area contributed by atoms with Gasteiger partial charge in [0.05, 0.1) is 0 Å². The van der Waals surface area contributed by atoms with Gasteiger partial charge in [-0.2, -0.15) is 0 Å². The van der Waals surface area contributed by atoms with Gasteiger partial charge < -0.3 is 9.80 Å². The first-order chi connectivity index (χ1) is 37.0. The summed E-state index contributed by atoms with van der Waals surface area (Å²) < 4.78 is 0. The van der Waals surface area contributed by atoms with Gasteiger partial charge in [0.15, 0.2) is 0 Å². The predicted molar refractivity (Wildman–Crippen MR) is 324 cm³/mol. The Morgan fingerprint density at radius 3 is 1.05 bits per heavy atom. The smallest absolute Gasteiger partial charge is 0.0467 e. The molecule has 2 nitrogen and oxygen atoms in total. The summed E-state index contributed by atoms with van der Waals surface area (Å²) in [6, 6.07) is 54.0. The number of anilines is 6. The molecule has 13 rings (SSSR count). The molecule has 0 bridgehead atoms. The van der Waals surface area contributed by atoms with Crippen LogP contribution in [0.1, 0.15) is 235 Å². The standard InChI is InChI=1S/C74H84N2/c1-49-45-64(76(61-39-31-57(32-40-61)53-23-15-9-16-24-53)62-41-33-58(34-42-62)54-25-17-10-18-26-54)47-68-70(49)66-48-69-71(50(2)72(66)74(68,5)6)65-44-43-63(46-67(65)73(69,3)4)75(59-35-27-55(28-36-59)51-19-11-7-12-20-51)60-37-29-56(30-38-60)52-21-13-8-14-22-52/h27-48,51-54H,7-26H2,1-6H3. The number of hydrogen-bond donors (Lipinski definition) is 0. The fraction of sp³-hybridized carbons (Fsp3) is 0.432. The Hall–Kier alpha value is -5.86. The summed E-state index contributed by atoms with van der Waals surface area (Å²) >= 11 is 0. The largest absolute Gasteiger partial charge is 0.310 e. The first-order valence-electron chi connectivity index (χ1n) is 30.5. The molecule has 7 aromatic carbocycles. The van der Waals surface area contributed by atoms with E-state index in [0.717, 1.165) is 0 Å². The Morgan fingerprint density at radius 1 is 0.316 bits per heavy atom. The average molecular weight is 1000 g/mol. The van der Waals surface area contributed by atoms with Gasteiger partial charge in [0.1, 0.15) is 0 Å². The lowest BCUT2D eigenvalue weighted by atomic mass is 9.76. The Labute approximate surface area is 457 Å². The highest BCUT2D eigenvalue weighted by atomic mass is 15.1. The molecule has 76 heavy (non-hydrogen) atoms. The van der Waals surface area contributed by atoms with Crippen molar-refractivity contribution >= 4 is 34.1 Å². The van der Waals surface area contributed by atoms with Crippen LogP contribution in [0.25, 0.3) is 22.3 Å². The zero-order chi connectivity index (χ0) is 51.7. The molecule has 390 valence electrons. The van der Waals surface area contributed by atoms with E-state index in [2.05, 4.69) is 185 Å². The summed E-state index contributed by atoms with van der Waals surface area (Å²) in [4.78, 5) is 5.10. The van der Waals surface area contributed by atoms with Crippen molar-refractivity contribution in [3.8, 4) is 22.3 Å². The van der Waals surface area contributed by atoms with Crippen molar-refractivity contribution in [2.75, 3.05) is 9.80 Å². The van der Waals surface area contributed by atoms with E-state index in [4.69, 9.17) is 0 Å². The Balaban J connectivity index is 0.872. The maximum Gasteiger partial charge on any atom is 0.0467 e. The van der Waals surface area contributed by atoms with Crippen LogP contribution in [-0.4, -0.2) is 0 Å². The zero-order valence-corrected chi connectivity index (χ0v) is 47.0. The molecule has 0 saturated heterocycles. The van der Waals surface area contributed by atoms with Crippen LogP contribution in [0.4, 0.5) is 34.1 Å². The summed E-state index contributed by atoms with van der Waals surface area (Å²) in [7, 11) is 0. The number of aryl methyl sites for hydroxylation is 1. The van der Waals surface area contributed by atoms with Crippen molar-refractivity contribution in [2.24, 2.45) is 0 Å². The maximum absolute atomic E-state index is 2.63. The van der Waals surface area contributed by atoms with Crippen molar-refractivity contribution in [2.45, 2.75) is 204 Å². The van der Waals surface area contributed by atoms with Crippen molar-refractivity contribution in [1.29, 1.82) is 0 Å². The minimum Gasteiger partial charge on any atom is -0.310 e. The van der Waals surface area contributed by atoms with Gasteiger partial charge >= 0.3 is 0 Å². The highest BCUT2D eigenvalue weighted by Gasteiger charge is 2.45. The quantitative estimate of drug-likeness (QED) is 0.135. The SMILES string of the molecule is Cc1cc(N(c2ccc(C3CCCCC3)cc2)c2ccc(C3CCCCC3)cc2)cc2c1-c1cc3c(c(C)c1C2(C)C)-c1ccc(N(c2ccc(C4CCCCC4)cc2)c2ccc(C4CCCCC4)cc2)cc1C3(C)C. The minimum absolute atomic E-state index is 0.188.